The summed E-state index contributed by atoms with van der Waals surface area (Å²) in [5.74, 6) is 0.860. The second-order valence-electron chi connectivity index (χ2n) is 3.92. The number of nitrogens with one attached hydrogen (secondary N) is 1. The van der Waals surface area contributed by atoms with E-state index in [2.05, 4.69) is 22.5 Å². The molecule has 0 aliphatic heterocycles. The summed E-state index contributed by atoms with van der Waals surface area (Å²) in [5, 5.41) is 11.3. The Balaban J connectivity index is 1.86. The van der Waals surface area contributed by atoms with Crippen LogP contribution in [0.1, 0.15) is 22.7 Å². The molecule has 0 aromatic carbocycles. The van der Waals surface area contributed by atoms with Crippen LogP contribution in [0.3, 0.4) is 0 Å². The van der Waals surface area contributed by atoms with Crippen molar-refractivity contribution in [3.05, 3.63) is 35.0 Å². The van der Waals surface area contributed by atoms with Crippen molar-refractivity contribution in [2.75, 3.05) is 0 Å². The maximum Gasteiger partial charge on any atom is 0.150 e. The molecule has 2 aromatic rings. The van der Waals surface area contributed by atoms with Crippen LogP contribution in [-0.2, 0) is 20.1 Å². The van der Waals surface area contributed by atoms with Crippen molar-refractivity contribution >= 4 is 0 Å². The zero-order valence-electron chi connectivity index (χ0n) is 9.82. The molecule has 0 saturated heterocycles. The predicted octanol–water partition coefficient (Wildman–Crippen LogP) is 1.31. The first-order valence-electron chi connectivity index (χ1n) is 5.27. The van der Waals surface area contributed by atoms with Crippen LogP contribution in [-0.4, -0.2) is 14.9 Å². The zero-order valence-corrected chi connectivity index (χ0v) is 9.82. The molecular formula is C11H16N4O. The van der Waals surface area contributed by atoms with Gasteiger partial charge in [0.05, 0.1) is 18.4 Å². The van der Waals surface area contributed by atoms with Gasteiger partial charge in [-0.25, -0.2) is 0 Å². The Hall–Kier alpha value is -1.62. The average Bonchev–Trinajstić information content (AvgIpc) is 2.79. The third-order valence-corrected chi connectivity index (χ3v) is 2.63. The molecule has 5 heteroatoms. The molecule has 2 rings (SSSR count). The molecular weight excluding hydrogens is 204 g/mol. The van der Waals surface area contributed by atoms with Crippen LogP contribution >= 0.6 is 0 Å². The lowest BCUT2D eigenvalue weighted by atomic mass is 10.2. The molecule has 1 N–H and O–H groups in total. The van der Waals surface area contributed by atoms with Crippen molar-refractivity contribution in [2.24, 2.45) is 7.05 Å². The van der Waals surface area contributed by atoms with Crippen LogP contribution in [0.15, 0.2) is 16.8 Å². The largest absolute Gasteiger partial charge is 0.360 e. The number of hydrogen-bond donors (Lipinski definition) is 1. The van der Waals surface area contributed by atoms with E-state index in [4.69, 9.17) is 4.52 Å². The summed E-state index contributed by atoms with van der Waals surface area (Å²) in [4.78, 5) is 0. The molecule has 0 fully saturated rings. The fourth-order valence-corrected chi connectivity index (χ4v) is 1.54. The monoisotopic (exact) mass is 220 g/mol. The zero-order chi connectivity index (χ0) is 11.5. The standard InChI is InChI=1S/C11H16N4O/c1-8-4-11(16-14-8)7-12-5-10-6-13-15(3)9(10)2/h4,6,12H,5,7H2,1-3H3. The van der Waals surface area contributed by atoms with Gasteiger partial charge in [0.1, 0.15) is 0 Å². The minimum atomic E-state index is 0.690. The number of rotatable bonds is 4. The number of aromatic nitrogens is 3. The van der Waals surface area contributed by atoms with Crippen LogP contribution in [0, 0.1) is 13.8 Å². The Morgan fingerprint density at radius 3 is 2.75 bits per heavy atom. The lowest BCUT2D eigenvalue weighted by molar-refractivity contribution is 0.369. The molecule has 0 atom stereocenters. The van der Waals surface area contributed by atoms with Gasteiger partial charge in [-0.2, -0.15) is 5.10 Å². The summed E-state index contributed by atoms with van der Waals surface area (Å²) < 4.78 is 6.97. The van der Waals surface area contributed by atoms with Crippen LogP contribution in [0.5, 0.6) is 0 Å². The van der Waals surface area contributed by atoms with Gasteiger partial charge in [-0.3, -0.25) is 4.68 Å². The molecule has 16 heavy (non-hydrogen) atoms. The Labute approximate surface area is 94.4 Å². The summed E-state index contributed by atoms with van der Waals surface area (Å²) in [5.41, 5.74) is 3.30. The van der Waals surface area contributed by atoms with E-state index >= 15 is 0 Å². The first kappa shape index (κ1) is 10.9. The van der Waals surface area contributed by atoms with Gasteiger partial charge in [0, 0.05) is 30.9 Å². The third-order valence-electron chi connectivity index (χ3n) is 2.63. The van der Waals surface area contributed by atoms with Crippen molar-refractivity contribution in [3.63, 3.8) is 0 Å². The summed E-state index contributed by atoms with van der Waals surface area (Å²) >= 11 is 0. The Kier molecular flexibility index (Phi) is 3.05. The van der Waals surface area contributed by atoms with Crippen LogP contribution in [0.4, 0.5) is 0 Å². The van der Waals surface area contributed by atoms with Crippen molar-refractivity contribution in [1.82, 2.24) is 20.3 Å². The van der Waals surface area contributed by atoms with Crippen molar-refractivity contribution < 1.29 is 4.52 Å². The quantitative estimate of drug-likeness (QED) is 0.844. The second kappa shape index (κ2) is 4.49. The molecule has 0 bridgehead atoms. The van der Waals surface area contributed by atoms with Crippen molar-refractivity contribution in [3.8, 4) is 0 Å². The fourth-order valence-electron chi connectivity index (χ4n) is 1.54. The highest BCUT2D eigenvalue weighted by Gasteiger charge is 2.04. The minimum absolute atomic E-state index is 0.690. The summed E-state index contributed by atoms with van der Waals surface area (Å²) in [6.07, 6.45) is 1.88. The minimum Gasteiger partial charge on any atom is -0.360 e. The topological polar surface area (TPSA) is 55.9 Å². The molecule has 0 saturated carbocycles. The molecule has 86 valence electrons. The lowest BCUT2D eigenvalue weighted by Crippen LogP contribution is -2.12. The van der Waals surface area contributed by atoms with Gasteiger partial charge in [0.2, 0.25) is 0 Å². The van der Waals surface area contributed by atoms with E-state index in [1.807, 2.05) is 30.9 Å². The molecule has 0 aliphatic rings. The van der Waals surface area contributed by atoms with E-state index in [1.54, 1.807) is 0 Å². The van der Waals surface area contributed by atoms with Crippen LogP contribution in [0.25, 0.3) is 0 Å². The van der Waals surface area contributed by atoms with E-state index in [-0.39, 0.29) is 0 Å². The maximum atomic E-state index is 5.10. The number of nitrogens with zero attached hydrogens (tertiary/aromatic N) is 3. The van der Waals surface area contributed by atoms with Crippen LogP contribution < -0.4 is 5.32 Å². The lowest BCUT2D eigenvalue weighted by Gasteiger charge is -2.01. The van der Waals surface area contributed by atoms with Gasteiger partial charge in [-0.1, -0.05) is 5.16 Å². The fraction of sp³-hybridized carbons (Fsp3) is 0.455. The highest BCUT2D eigenvalue weighted by atomic mass is 16.5. The highest BCUT2D eigenvalue weighted by Crippen LogP contribution is 2.06. The molecule has 0 aliphatic carbocycles. The predicted molar refractivity (Wildman–Crippen MR) is 59.7 cm³/mol. The van der Waals surface area contributed by atoms with E-state index in [0.717, 1.165) is 18.0 Å². The third kappa shape index (κ3) is 2.30. The smallest absolute Gasteiger partial charge is 0.150 e. The van der Waals surface area contributed by atoms with Gasteiger partial charge in [0.25, 0.3) is 0 Å². The maximum absolute atomic E-state index is 5.10. The Morgan fingerprint density at radius 2 is 2.19 bits per heavy atom. The van der Waals surface area contributed by atoms with Gasteiger partial charge in [-0.15, -0.1) is 0 Å². The molecule has 2 aromatic heterocycles. The molecule has 0 unspecified atom stereocenters. The van der Waals surface area contributed by atoms with E-state index in [1.165, 1.54) is 11.3 Å². The second-order valence-corrected chi connectivity index (χ2v) is 3.92. The summed E-state index contributed by atoms with van der Waals surface area (Å²) in [6, 6.07) is 1.93. The Morgan fingerprint density at radius 1 is 1.38 bits per heavy atom. The van der Waals surface area contributed by atoms with Gasteiger partial charge in [0.15, 0.2) is 5.76 Å². The molecule has 0 radical (unpaired) electrons. The molecule has 0 spiro atoms. The molecule has 2 heterocycles. The molecule has 0 amide bonds. The van der Waals surface area contributed by atoms with Crippen molar-refractivity contribution in [1.29, 1.82) is 0 Å². The van der Waals surface area contributed by atoms with Gasteiger partial charge >= 0.3 is 0 Å². The van der Waals surface area contributed by atoms with Gasteiger partial charge < -0.3 is 9.84 Å². The van der Waals surface area contributed by atoms with E-state index in [0.29, 0.717) is 6.54 Å². The Bertz CT molecular complexity index is 472. The van der Waals surface area contributed by atoms with Crippen molar-refractivity contribution in [2.45, 2.75) is 26.9 Å². The molecule has 5 nitrogen and oxygen atoms in total. The summed E-state index contributed by atoms with van der Waals surface area (Å²) in [7, 11) is 1.94. The van der Waals surface area contributed by atoms with E-state index < -0.39 is 0 Å². The van der Waals surface area contributed by atoms with Crippen LogP contribution in [0.2, 0.25) is 0 Å². The average molecular weight is 220 g/mol. The first-order valence-corrected chi connectivity index (χ1v) is 5.27. The highest BCUT2D eigenvalue weighted by molar-refractivity contribution is 5.15. The normalized spacial score (nSPS) is 10.9. The summed E-state index contributed by atoms with van der Waals surface area (Å²) in [6.45, 7) is 5.45. The SMILES string of the molecule is Cc1cc(CNCc2cnn(C)c2C)on1. The first-order chi connectivity index (χ1) is 7.66. The van der Waals surface area contributed by atoms with Gasteiger partial charge in [-0.05, 0) is 13.8 Å². The number of aryl methyl sites for hydroxylation is 2. The van der Waals surface area contributed by atoms with E-state index in [9.17, 15) is 0 Å². The number of hydrogen-bond acceptors (Lipinski definition) is 4.